The van der Waals surface area contributed by atoms with Gasteiger partial charge >= 0.3 is 17.8 Å². The molecule has 0 saturated heterocycles. The van der Waals surface area contributed by atoms with Crippen molar-refractivity contribution >= 4 is 63.0 Å². The molecule has 1 atom stereocenters. The van der Waals surface area contributed by atoms with Gasteiger partial charge < -0.3 is 12.3 Å². The molecule has 26 heavy (non-hydrogen) atoms. The predicted molar refractivity (Wildman–Crippen MR) is 125 cm³/mol. The molecule has 1 unspecified atom stereocenters. The zero-order valence-electron chi connectivity index (χ0n) is 18.7. The van der Waals surface area contributed by atoms with Crippen LogP contribution in [0.4, 0.5) is 0 Å². The van der Waals surface area contributed by atoms with E-state index in [1.54, 1.807) is 0 Å². The number of rotatable bonds is 15. The minimum Gasteiger partial charge on any atom is -0.436 e. The van der Waals surface area contributed by atoms with Crippen molar-refractivity contribution in [3.8, 4) is 0 Å². The predicted octanol–water partition coefficient (Wildman–Crippen LogP) is 5.15. The molecule has 0 rings (SSSR count). The first-order chi connectivity index (χ1) is 11.5. The molecule has 0 bridgehead atoms. The first-order valence-electron chi connectivity index (χ1n) is 9.35. The van der Waals surface area contributed by atoms with E-state index in [0.717, 1.165) is 34.6 Å². The van der Waals surface area contributed by atoms with Crippen LogP contribution in [0.1, 0.15) is 0 Å². The SMILES string of the molecule is C[Si]CC[Si](C)(C)O[Si](C)O[Si](C)(CC[Si]C)O[Si](C)(C)CC[Si]C.[Rf]. The Bertz CT molecular complexity index is 364. The molecular formula is C15H39O3RfSi7. The van der Waals surface area contributed by atoms with Crippen LogP contribution in [0.25, 0.3) is 0 Å². The van der Waals surface area contributed by atoms with E-state index in [0.29, 0.717) is 0 Å². The first kappa shape index (κ1) is 28.6. The van der Waals surface area contributed by atoms with Gasteiger partial charge in [-0.1, -0.05) is 37.8 Å². The molecule has 0 aliphatic heterocycles. The second-order valence-electron chi connectivity index (χ2n) is 8.01. The minimum atomic E-state index is -2.13. The van der Waals surface area contributed by atoms with Crippen LogP contribution in [0, 0.1) is 0 Å². The van der Waals surface area contributed by atoms with Gasteiger partial charge in [-0.2, -0.15) is 0 Å². The van der Waals surface area contributed by atoms with Crippen LogP contribution in [-0.2, 0) is 12.3 Å². The molecule has 11 heteroatoms. The topological polar surface area (TPSA) is 27.7 Å². The van der Waals surface area contributed by atoms with E-state index >= 15 is 0 Å². The van der Waals surface area contributed by atoms with Crippen molar-refractivity contribution in [2.75, 3.05) is 0 Å². The second-order valence-corrected chi connectivity index (χ2v) is 25.9. The van der Waals surface area contributed by atoms with Gasteiger partial charge in [0, 0.05) is 28.6 Å². The maximum absolute atomic E-state index is 6.82. The molecule has 0 spiro atoms. The third kappa shape index (κ3) is 13.5. The van der Waals surface area contributed by atoms with Gasteiger partial charge in [0.15, 0.2) is 16.6 Å². The second kappa shape index (κ2) is 13.6. The van der Waals surface area contributed by atoms with E-state index < -0.39 is 34.5 Å². The van der Waals surface area contributed by atoms with Gasteiger partial charge in [-0.05, 0) is 57.4 Å². The summed E-state index contributed by atoms with van der Waals surface area (Å²) < 4.78 is 20.0. The Morgan fingerprint density at radius 3 is 1.58 bits per heavy atom. The zero-order chi connectivity index (χ0) is 19.6. The molecule has 0 aliphatic carbocycles. The third-order valence-electron chi connectivity index (χ3n) is 4.06. The molecule has 0 aromatic heterocycles. The molecule has 0 N–H and O–H groups in total. The van der Waals surface area contributed by atoms with Crippen LogP contribution in [-0.4, -0.2) is 63.0 Å². The van der Waals surface area contributed by atoms with Gasteiger partial charge in [-0.3, -0.25) is 0 Å². The van der Waals surface area contributed by atoms with Crippen molar-refractivity contribution in [2.45, 2.75) is 95.2 Å². The van der Waals surface area contributed by atoms with E-state index in [1.165, 1.54) is 30.2 Å². The Morgan fingerprint density at radius 1 is 0.692 bits per heavy atom. The molecule has 0 aromatic carbocycles. The summed E-state index contributed by atoms with van der Waals surface area (Å²) in [5.41, 5.74) is 0. The quantitative estimate of drug-likeness (QED) is 0.219. The average Bonchev–Trinajstić information content (AvgIpc) is 2.47. The summed E-state index contributed by atoms with van der Waals surface area (Å²) in [5.74, 6) is 0. The Kier molecular flexibility index (Phi) is 14.9. The van der Waals surface area contributed by atoms with Crippen LogP contribution >= 0.6 is 0 Å². The summed E-state index contributed by atoms with van der Waals surface area (Å²) >= 11 is 0. The Morgan fingerprint density at radius 2 is 1.12 bits per heavy atom. The monoisotopic (exact) mass is 730 g/mol. The Labute approximate surface area is 170 Å². The van der Waals surface area contributed by atoms with Crippen LogP contribution in [0.2, 0.25) is 95.2 Å². The maximum atomic E-state index is 6.82. The molecule has 0 fully saturated rings. The van der Waals surface area contributed by atoms with Gasteiger partial charge in [0.05, 0.1) is 0 Å². The number of hydrogen-bond donors (Lipinski definition) is 0. The molecule has 3 nitrogen and oxygen atoms in total. The molecular weight excluding hydrogens is 692 g/mol. The van der Waals surface area contributed by atoms with E-state index in [9.17, 15) is 0 Å². The molecule has 0 amide bonds. The van der Waals surface area contributed by atoms with Crippen molar-refractivity contribution in [2.24, 2.45) is 0 Å². The van der Waals surface area contributed by atoms with E-state index in [-0.39, 0.29) is 0 Å². The van der Waals surface area contributed by atoms with Crippen molar-refractivity contribution in [3.63, 3.8) is 0 Å². The van der Waals surface area contributed by atoms with Crippen LogP contribution in [0.15, 0.2) is 0 Å². The standard InChI is InChI=1S/C15H39O3Si7.Rf/c1-19-10-13-23(5,6)16-22(4)17-25(9,15-12-21-3)18-24(7,8)14-11-20-2;/h10-15H2,1-9H3;. The van der Waals surface area contributed by atoms with E-state index in [4.69, 9.17) is 12.3 Å². The molecule has 0 saturated carbocycles. The normalized spacial score (nSPS) is 15.0. The Balaban J connectivity index is 0. The van der Waals surface area contributed by atoms with Crippen LogP contribution in [0.3, 0.4) is 0 Å². The van der Waals surface area contributed by atoms with Gasteiger partial charge in [0.1, 0.15) is 0 Å². The van der Waals surface area contributed by atoms with Gasteiger partial charge in [-0.15, -0.1) is 0 Å². The molecule has 0 heterocycles. The van der Waals surface area contributed by atoms with Gasteiger partial charge in [-0.25, -0.2) is 0 Å². The van der Waals surface area contributed by atoms with Crippen molar-refractivity contribution < 1.29 is 12.3 Å². The number of hydrogen-bond acceptors (Lipinski definition) is 3. The van der Waals surface area contributed by atoms with Gasteiger partial charge in [0.2, 0.25) is 0 Å². The first-order valence-corrected chi connectivity index (χ1v) is 25.0. The van der Waals surface area contributed by atoms with Crippen LogP contribution < -0.4 is 0 Å². The molecule has 0 aromatic rings. The molecule has 7 radical (unpaired) electrons. The van der Waals surface area contributed by atoms with Gasteiger partial charge in [0.25, 0.3) is 0 Å². The Hall–Kier alpha value is 0.398. The maximum Gasteiger partial charge on any atom is 0.360 e. The van der Waals surface area contributed by atoms with Crippen molar-refractivity contribution in [1.29, 1.82) is 0 Å². The third-order valence-corrected chi connectivity index (χ3v) is 22.0. The summed E-state index contributed by atoms with van der Waals surface area (Å²) in [4.78, 5) is 0. The van der Waals surface area contributed by atoms with E-state index in [2.05, 4.69) is 58.9 Å². The fourth-order valence-corrected chi connectivity index (χ4v) is 25.3. The summed E-state index contributed by atoms with van der Waals surface area (Å²) in [7, 11) is -3.56. The van der Waals surface area contributed by atoms with Crippen LogP contribution in [0.5, 0.6) is 0 Å². The van der Waals surface area contributed by atoms with E-state index in [1.807, 2.05) is 0 Å². The zero-order valence-corrected chi connectivity index (χ0v) is 32.1. The summed E-state index contributed by atoms with van der Waals surface area (Å²) in [6, 6.07) is 7.46. The summed E-state index contributed by atoms with van der Waals surface area (Å²) in [6.07, 6.45) is 0. The summed E-state index contributed by atoms with van der Waals surface area (Å²) in [5, 5.41) is 0. The fraction of sp³-hybridized carbons (Fsp3) is 1.00. The fourth-order valence-electron chi connectivity index (χ4n) is 2.73. The average molecular weight is 731 g/mol. The minimum absolute atomic E-state index is 0. The smallest absolute Gasteiger partial charge is 0.360 e. The van der Waals surface area contributed by atoms with Crippen molar-refractivity contribution in [1.82, 2.24) is 0 Å². The molecule has 0 aliphatic rings. The summed E-state index contributed by atoms with van der Waals surface area (Å²) in [6.45, 7) is 20.8. The van der Waals surface area contributed by atoms with Crippen molar-refractivity contribution in [3.05, 3.63) is 0 Å². The largest absolute Gasteiger partial charge is 0.436 e. The molecule has 147 valence electrons.